The number of aliphatic hydroxyl groups is 3. The van der Waals surface area contributed by atoms with E-state index in [1.54, 1.807) is 0 Å². The van der Waals surface area contributed by atoms with Crippen molar-refractivity contribution in [3.63, 3.8) is 0 Å². The molecule has 0 unspecified atom stereocenters. The van der Waals surface area contributed by atoms with Crippen LogP contribution in [-0.4, -0.2) is 73.1 Å². The van der Waals surface area contributed by atoms with Gasteiger partial charge in [-0.3, -0.25) is 0 Å². The van der Waals surface area contributed by atoms with Gasteiger partial charge in [-0.1, -0.05) is 148 Å². The lowest BCUT2D eigenvalue weighted by atomic mass is 9.88. The predicted molar refractivity (Wildman–Crippen MR) is 292 cm³/mol. The molecule has 6 N–H and O–H groups in total. The number of aliphatic hydroxyl groups excluding tert-OH is 3. The van der Waals surface area contributed by atoms with Crippen molar-refractivity contribution in [2.75, 3.05) is 39.5 Å². The van der Waals surface area contributed by atoms with Crippen LogP contribution in [0.25, 0.3) is 0 Å². The van der Waals surface area contributed by atoms with E-state index in [0.717, 1.165) is 75.0 Å². The molecule has 6 aromatic rings. The van der Waals surface area contributed by atoms with E-state index >= 15 is 0 Å². The second kappa shape index (κ2) is 29.2. The maximum Gasteiger partial charge on any atom is 0.122 e. The second-order valence-electron chi connectivity index (χ2n) is 19.4. The van der Waals surface area contributed by atoms with Crippen LogP contribution < -0.4 is 30.2 Å². The number of hydrogen-bond acceptors (Lipinski definition) is 9. The van der Waals surface area contributed by atoms with Crippen LogP contribution in [0, 0.1) is 0 Å². The van der Waals surface area contributed by atoms with Crippen LogP contribution >= 0.6 is 0 Å². The molecular formula is C63H81N3O6. The molecule has 72 heavy (non-hydrogen) atoms. The van der Waals surface area contributed by atoms with Crippen LogP contribution in [0.2, 0.25) is 0 Å². The number of nitrogens with one attached hydrogen (secondary N) is 3. The van der Waals surface area contributed by atoms with Gasteiger partial charge in [0.1, 0.15) is 55.4 Å². The van der Waals surface area contributed by atoms with E-state index < -0.39 is 18.3 Å². The summed E-state index contributed by atoms with van der Waals surface area (Å²) in [5.74, 6) is 2.63. The zero-order valence-corrected chi connectivity index (χ0v) is 43.1. The normalized spacial score (nSPS) is 18.0. The van der Waals surface area contributed by atoms with Crippen molar-refractivity contribution in [3.05, 3.63) is 196 Å². The summed E-state index contributed by atoms with van der Waals surface area (Å²) in [4.78, 5) is 0. The SMILES string of the molecule is CCc1ccccc1OC[C@@H](O)CN[C@H]1CCCc2ccccc21.CCc1ccccc1OC[C@@H](O)CN[C@H]1CCCc2ccccc21.CCc1ccccc1OC[C@@H](O)CN[C@H]1CCCc2ccccc21. The fourth-order valence-electron chi connectivity index (χ4n) is 10.3. The van der Waals surface area contributed by atoms with Crippen molar-refractivity contribution in [3.8, 4) is 17.2 Å². The summed E-state index contributed by atoms with van der Waals surface area (Å²) in [5.41, 5.74) is 12.0. The molecule has 0 aliphatic heterocycles. The summed E-state index contributed by atoms with van der Waals surface area (Å²) in [6.45, 7) is 8.94. The highest BCUT2D eigenvalue weighted by Crippen LogP contribution is 2.32. The summed E-state index contributed by atoms with van der Waals surface area (Å²) in [6, 6.07) is 50.9. The van der Waals surface area contributed by atoms with Gasteiger partial charge >= 0.3 is 0 Å². The molecule has 6 atom stereocenters. The first-order valence-corrected chi connectivity index (χ1v) is 26.9. The minimum Gasteiger partial charge on any atom is -0.491 e. The van der Waals surface area contributed by atoms with Crippen LogP contribution in [-0.2, 0) is 38.5 Å². The number of hydrogen-bond donors (Lipinski definition) is 6. The van der Waals surface area contributed by atoms with Crippen LogP contribution in [0.5, 0.6) is 17.2 Å². The lowest BCUT2D eigenvalue weighted by Gasteiger charge is -2.27. The summed E-state index contributed by atoms with van der Waals surface area (Å²) in [6.07, 6.45) is 11.7. The molecule has 9 heteroatoms. The average molecular weight is 976 g/mol. The van der Waals surface area contributed by atoms with Crippen LogP contribution in [0.3, 0.4) is 0 Å². The number of benzene rings is 6. The van der Waals surface area contributed by atoms with Gasteiger partial charge in [0.05, 0.1) is 0 Å². The molecule has 9 rings (SSSR count). The Morgan fingerprint density at radius 3 is 0.944 bits per heavy atom. The Labute approximate surface area is 430 Å². The van der Waals surface area contributed by atoms with Gasteiger partial charge in [-0.05, 0) is 145 Å². The van der Waals surface area contributed by atoms with Crippen molar-refractivity contribution >= 4 is 0 Å². The van der Waals surface area contributed by atoms with Gasteiger partial charge in [0.25, 0.3) is 0 Å². The largest absolute Gasteiger partial charge is 0.491 e. The fraction of sp³-hybridized carbons (Fsp3) is 0.429. The van der Waals surface area contributed by atoms with E-state index in [1.807, 2.05) is 54.6 Å². The Hall–Kier alpha value is -5.52. The van der Waals surface area contributed by atoms with E-state index in [-0.39, 0.29) is 0 Å². The standard InChI is InChI=1S/3C21H27NO2/c3*1-2-16-8-4-6-13-21(16)24-15-18(23)14-22-20-12-7-10-17-9-3-5-11-19(17)20/h3*3-6,8-9,11,13,18,20,22-23H,2,7,10,12,14-15H2,1H3/t3*18-,20-/m000/s1. The monoisotopic (exact) mass is 976 g/mol. The van der Waals surface area contributed by atoms with Gasteiger partial charge in [0.15, 0.2) is 0 Å². The zero-order chi connectivity index (χ0) is 50.3. The lowest BCUT2D eigenvalue weighted by molar-refractivity contribution is 0.102. The zero-order valence-electron chi connectivity index (χ0n) is 43.1. The molecule has 0 amide bonds. The van der Waals surface area contributed by atoms with E-state index in [1.165, 1.54) is 69.3 Å². The number of rotatable bonds is 21. The summed E-state index contributed by atoms with van der Waals surface area (Å²) < 4.78 is 17.4. The van der Waals surface area contributed by atoms with E-state index in [2.05, 4.69) is 128 Å². The summed E-state index contributed by atoms with van der Waals surface area (Å²) >= 11 is 0. The Morgan fingerprint density at radius 1 is 0.389 bits per heavy atom. The third-order valence-corrected chi connectivity index (χ3v) is 14.3. The Kier molecular flexibility index (Phi) is 22.0. The quantitative estimate of drug-likeness (QED) is 0.0418. The van der Waals surface area contributed by atoms with Gasteiger partial charge < -0.3 is 45.5 Å². The van der Waals surface area contributed by atoms with Gasteiger partial charge in [0.2, 0.25) is 0 Å². The van der Waals surface area contributed by atoms with Crippen molar-refractivity contribution in [2.45, 2.75) is 134 Å². The lowest BCUT2D eigenvalue weighted by Crippen LogP contribution is -2.35. The fourth-order valence-corrected chi connectivity index (χ4v) is 10.3. The first kappa shape index (κ1) is 54.3. The molecule has 0 radical (unpaired) electrons. The van der Waals surface area contributed by atoms with Crippen LogP contribution in [0.4, 0.5) is 0 Å². The highest BCUT2D eigenvalue weighted by molar-refractivity contribution is 5.37. The van der Waals surface area contributed by atoms with Gasteiger partial charge in [0, 0.05) is 37.8 Å². The van der Waals surface area contributed by atoms with Crippen molar-refractivity contribution in [1.82, 2.24) is 16.0 Å². The molecule has 384 valence electrons. The minimum atomic E-state index is -0.510. The molecule has 3 aliphatic carbocycles. The molecule has 0 heterocycles. The third kappa shape index (κ3) is 16.2. The molecule has 0 saturated carbocycles. The molecule has 0 bridgehead atoms. The molecule has 0 spiro atoms. The third-order valence-electron chi connectivity index (χ3n) is 14.3. The van der Waals surface area contributed by atoms with E-state index in [4.69, 9.17) is 14.2 Å². The maximum atomic E-state index is 10.3. The minimum absolute atomic E-state index is 0.318. The predicted octanol–water partition coefficient (Wildman–Crippen LogP) is 11.0. The highest BCUT2D eigenvalue weighted by Gasteiger charge is 2.23. The number of ether oxygens (including phenoxy) is 3. The van der Waals surface area contributed by atoms with E-state index in [9.17, 15) is 15.3 Å². The molecule has 0 saturated heterocycles. The van der Waals surface area contributed by atoms with Crippen LogP contribution in [0.15, 0.2) is 146 Å². The van der Waals surface area contributed by atoms with Gasteiger partial charge in [-0.2, -0.15) is 0 Å². The molecule has 0 aromatic heterocycles. The molecule has 9 nitrogen and oxygen atoms in total. The van der Waals surface area contributed by atoms with E-state index in [0.29, 0.717) is 57.6 Å². The van der Waals surface area contributed by atoms with Crippen molar-refractivity contribution < 1.29 is 29.5 Å². The van der Waals surface area contributed by atoms with Crippen molar-refractivity contribution in [1.29, 1.82) is 0 Å². The van der Waals surface area contributed by atoms with Crippen LogP contribution in [0.1, 0.15) is 127 Å². The molecule has 0 fully saturated rings. The summed E-state index contributed by atoms with van der Waals surface area (Å²) in [7, 11) is 0. The first-order valence-electron chi connectivity index (χ1n) is 26.9. The van der Waals surface area contributed by atoms with Gasteiger partial charge in [-0.15, -0.1) is 0 Å². The van der Waals surface area contributed by atoms with Gasteiger partial charge in [-0.25, -0.2) is 0 Å². The maximum absolute atomic E-state index is 10.3. The highest BCUT2D eigenvalue weighted by atomic mass is 16.5. The number of para-hydroxylation sites is 3. The molecular weight excluding hydrogens is 895 g/mol. The first-order chi connectivity index (χ1) is 35.3. The Bertz CT molecular complexity index is 2240. The number of fused-ring (bicyclic) bond motifs is 3. The van der Waals surface area contributed by atoms with Crippen molar-refractivity contribution in [2.24, 2.45) is 0 Å². The summed E-state index contributed by atoms with van der Waals surface area (Å²) in [5, 5.41) is 41.3. The second-order valence-corrected chi connectivity index (χ2v) is 19.4. The smallest absolute Gasteiger partial charge is 0.122 e. The number of aryl methyl sites for hydroxylation is 6. The Balaban J connectivity index is 0.000000158. The Morgan fingerprint density at radius 2 is 0.653 bits per heavy atom. The average Bonchev–Trinajstić information content (AvgIpc) is 3.44. The molecule has 3 aliphatic rings. The topological polar surface area (TPSA) is 124 Å². The molecule has 6 aromatic carbocycles.